The monoisotopic (exact) mass is 359 g/mol. The van der Waals surface area contributed by atoms with Crippen LogP contribution >= 0.6 is 0 Å². The van der Waals surface area contributed by atoms with Gasteiger partial charge in [0.25, 0.3) is 0 Å². The standard InChI is InChI=1S/C23H25N3O/c1-16(23(27)26-19-10-13-24-14-11-19)17-6-8-18(9-7-17)20-12-15-25-22-5-3-2-4-21(20)22/h2-5,10-18H,6-9H2,1H3,(H,24,26,27)/t16-,17?,18?/m1/s1. The van der Waals surface area contributed by atoms with E-state index in [4.69, 9.17) is 0 Å². The van der Waals surface area contributed by atoms with Crippen LogP contribution in [-0.2, 0) is 4.79 Å². The van der Waals surface area contributed by atoms with Crippen LogP contribution in [0.4, 0.5) is 5.69 Å². The molecular weight excluding hydrogens is 334 g/mol. The molecular formula is C23H25N3O. The van der Waals surface area contributed by atoms with Crippen molar-refractivity contribution in [3.05, 3.63) is 66.6 Å². The number of aromatic nitrogens is 2. The number of hydrogen-bond acceptors (Lipinski definition) is 3. The van der Waals surface area contributed by atoms with Gasteiger partial charge in [-0.25, -0.2) is 0 Å². The fraction of sp³-hybridized carbons (Fsp3) is 0.348. The summed E-state index contributed by atoms with van der Waals surface area (Å²) in [5.41, 5.74) is 3.30. The number of hydrogen-bond donors (Lipinski definition) is 1. The number of pyridine rings is 2. The van der Waals surface area contributed by atoms with E-state index in [0.717, 1.165) is 36.9 Å². The summed E-state index contributed by atoms with van der Waals surface area (Å²) in [5, 5.41) is 4.29. The second-order valence-corrected chi connectivity index (χ2v) is 7.54. The van der Waals surface area contributed by atoms with Crippen LogP contribution in [-0.4, -0.2) is 15.9 Å². The Morgan fingerprint density at radius 3 is 2.52 bits per heavy atom. The van der Waals surface area contributed by atoms with Gasteiger partial charge in [-0.05, 0) is 67.3 Å². The van der Waals surface area contributed by atoms with Crippen molar-refractivity contribution in [1.29, 1.82) is 0 Å². The Labute approximate surface area is 160 Å². The van der Waals surface area contributed by atoms with E-state index in [1.807, 2.05) is 24.4 Å². The molecule has 0 saturated heterocycles. The number of amides is 1. The summed E-state index contributed by atoms with van der Waals surface area (Å²) in [7, 11) is 0. The van der Waals surface area contributed by atoms with Gasteiger partial charge >= 0.3 is 0 Å². The largest absolute Gasteiger partial charge is 0.326 e. The Morgan fingerprint density at radius 2 is 1.74 bits per heavy atom. The molecule has 0 aliphatic heterocycles. The van der Waals surface area contributed by atoms with Gasteiger partial charge in [0.15, 0.2) is 0 Å². The number of carbonyl (C=O) groups is 1. The summed E-state index contributed by atoms with van der Waals surface area (Å²) < 4.78 is 0. The first-order chi connectivity index (χ1) is 13.2. The lowest BCUT2D eigenvalue weighted by Gasteiger charge is -2.32. The van der Waals surface area contributed by atoms with Crippen LogP contribution in [0.25, 0.3) is 10.9 Å². The Hall–Kier alpha value is -2.75. The number of carbonyl (C=O) groups excluding carboxylic acids is 1. The second-order valence-electron chi connectivity index (χ2n) is 7.54. The molecule has 4 nitrogen and oxygen atoms in total. The van der Waals surface area contributed by atoms with Crippen molar-refractivity contribution in [2.24, 2.45) is 11.8 Å². The van der Waals surface area contributed by atoms with E-state index in [9.17, 15) is 4.79 Å². The molecule has 0 spiro atoms. The number of rotatable bonds is 4. The molecule has 2 heterocycles. The van der Waals surface area contributed by atoms with Gasteiger partial charge in [-0.2, -0.15) is 0 Å². The molecule has 1 N–H and O–H groups in total. The van der Waals surface area contributed by atoms with Crippen LogP contribution in [0.15, 0.2) is 61.1 Å². The molecule has 0 bridgehead atoms. The molecule has 3 aromatic rings. The molecule has 138 valence electrons. The normalized spacial score (nSPS) is 20.9. The zero-order chi connectivity index (χ0) is 18.6. The summed E-state index contributed by atoms with van der Waals surface area (Å²) in [6.45, 7) is 2.06. The van der Waals surface area contributed by atoms with Gasteiger partial charge in [0.2, 0.25) is 5.91 Å². The van der Waals surface area contributed by atoms with Gasteiger partial charge in [-0.1, -0.05) is 25.1 Å². The topological polar surface area (TPSA) is 54.9 Å². The lowest BCUT2D eigenvalue weighted by molar-refractivity contribution is -0.121. The van der Waals surface area contributed by atoms with Gasteiger partial charge < -0.3 is 5.32 Å². The van der Waals surface area contributed by atoms with Crippen LogP contribution in [0, 0.1) is 11.8 Å². The predicted molar refractivity (Wildman–Crippen MR) is 108 cm³/mol. The van der Waals surface area contributed by atoms with Gasteiger partial charge in [0.1, 0.15) is 0 Å². The van der Waals surface area contributed by atoms with E-state index >= 15 is 0 Å². The van der Waals surface area contributed by atoms with Gasteiger partial charge in [-0.3, -0.25) is 14.8 Å². The van der Waals surface area contributed by atoms with E-state index in [-0.39, 0.29) is 11.8 Å². The first-order valence-electron chi connectivity index (χ1n) is 9.77. The average Bonchev–Trinajstić information content (AvgIpc) is 2.73. The molecule has 4 heteroatoms. The maximum atomic E-state index is 12.6. The molecule has 1 fully saturated rings. The van der Waals surface area contributed by atoms with Gasteiger partial charge in [-0.15, -0.1) is 0 Å². The van der Waals surface area contributed by atoms with Gasteiger partial charge in [0.05, 0.1) is 5.52 Å². The van der Waals surface area contributed by atoms with E-state index in [2.05, 4.69) is 46.5 Å². The Kier molecular flexibility index (Phi) is 5.14. The highest BCUT2D eigenvalue weighted by molar-refractivity contribution is 5.92. The van der Waals surface area contributed by atoms with Crippen molar-refractivity contribution in [3.63, 3.8) is 0 Å². The molecule has 4 rings (SSSR count). The van der Waals surface area contributed by atoms with Crippen LogP contribution in [0.2, 0.25) is 0 Å². The van der Waals surface area contributed by atoms with Crippen molar-refractivity contribution in [2.75, 3.05) is 5.32 Å². The Bertz CT molecular complexity index is 912. The van der Waals surface area contributed by atoms with Crippen LogP contribution < -0.4 is 5.32 Å². The van der Waals surface area contributed by atoms with Gasteiger partial charge in [0, 0.05) is 35.6 Å². The predicted octanol–water partition coefficient (Wildman–Crippen LogP) is 5.18. The number of fused-ring (bicyclic) bond motifs is 1. The minimum absolute atomic E-state index is 0.0216. The zero-order valence-corrected chi connectivity index (χ0v) is 15.6. The van der Waals surface area contributed by atoms with Crippen molar-refractivity contribution < 1.29 is 4.79 Å². The van der Waals surface area contributed by atoms with Crippen molar-refractivity contribution in [2.45, 2.75) is 38.5 Å². The molecule has 0 unspecified atom stereocenters. The quantitative estimate of drug-likeness (QED) is 0.698. The summed E-state index contributed by atoms with van der Waals surface area (Å²) >= 11 is 0. The lowest BCUT2D eigenvalue weighted by atomic mass is 9.73. The highest BCUT2D eigenvalue weighted by Crippen LogP contribution is 2.40. The lowest BCUT2D eigenvalue weighted by Crippen LogP contribution is -2.29. The highest BCUT2D eigenvalue weighted by Gasteiger charge is 2.30. The summed E-state index contributed by atoms with van der Waals surface area (Å²) in [6.07, 6.45) is 9.76. The number of para-hydroxylation sites is 1. The maximum absolute atomic E-state index is 12.6. The highest BCUT2D eigenvalue weighted by atomic mass is 16.1. The smallest absolute Gasteiger partial charge is 0.227 e. The minimum atomic E-state index is 0.0216. The van der Waals surface area contributed by atoms with Crippen LogP contribution in [0.5, 0.6) is 0 Å². The third-order valence-corrected chi connectivity index (χ3v) is 5.96. The zero-order valence-electron chi connectivity index (χ0n) is 15.6. The fourth-order valence-corrected chi connectivity index (χ4v) is 4.31. The van der Waals surface area contributed by atoms with Crippen LogP contribution in [0.1, 0.15) is 44.1 Å². The minimum Gasteiger partial charge on any atom is -0.326 e. The Morgan fingerprint density at radius 1 is 1.00 bits per heavy atom. The molecule has 0 radical (unpaired) electrons. The summed E-state index contributed by atoms with van der Waals surface area (Å²) in [4.78, 5) is 21.1. The number of anilines is 1. The van der Waals surface area contributed by atoms with Crippen molar-refractivity contribution in [1.82, 2.24) is 9.97 Å². The molecule has 1 aliphatic carbocycles. The average molecular weight is 359 g/mol. The van der Waals surface area contributed by atoms with Crippen molar-refractivity contribution in [3.8, 4) is 0 Å². The summed E-state index contributed by atoms with van der Waals surface area (Å²) in [6, 6.07) is 14.2. The second kappa shape index (κ2) is 7.87. The summed E-state index contributed by atoms with van der Waals surface area (Å²) in [5.74, 6) is 1.13. The molecule has 1 aliphatic rings. The van der Waals surface area contributed by atoms with Crippen LogP contribution in [0.3, 0.4) is 0 Å². The number of nitrogens with zero attached hydrogens (tertiary/aromatic N) is 2. The number of nitrogens with one attached hydrogen (secondary N) is 1. The maximum Gasteiger partial charge on any atom is 0.227 e. The van der Waals surface area contributed by atoms with Crippen molar-refractivity contribution >= 4 is 22.5 Å². The molecule has 1 amide bonds. The van der Waals surface area contributed by atoms with E-state index in [1.54, 1.807) is 12.4 Å². The molecule has 1 aromatic carbocycles. The SMILES string of the molecule is C[C@@H](C(=O)Nc1ccncc1)C1CCC(c2ccnc3ccccc23)CC1. The third-order valence-electron chi connectivity index (χ3n) is 5.96. The first kappa shape index (κ1) is 17.7. The third kappa shape index (κ3) is 3.85. The fourth-order valence-electron chi connectivity index (χ4n) is 4.31. The van der Waals surface area contributed by atoms with E-state index < -0.39 is 0 Å². The molecule has 1 atom stereocenters. The molecule has 2 aromatic heterocycles. The Balaban J connectivity index is 1.40. The van der Waals surface area contributed by atoms with E-state index in [1.165, 1.54) is 10.9 Å². The van der Waals surface area contributed by atoms with E-state index in [0.29, 0.717) is 11.8 Å². The molecule has 1 saturated carbocycles. The molecule has 27 heavy (non-hydrogen) atoms. The first-order valence-corrected chi connectivity index (χ1v) is 9.77. The number of benzene rings is 1.